The van der Waals surface area contributed by atoms with Gasteiger partial charge in [-0.25, -0.2) is 19.2 Å². The molecule has 0 amide bonds. The van der Waals surface area contributed by atoms with Gasteiger partial charge >= 0.3 is 23.9 Å². The lowest BCUT2D eigenvalue weighted by Crippen LogP contribution is -2.10. The topological polar surface area (TPSA) is 127 Å². The van der Waals surface area contributed by atoms with Crippen LogP contribution in [0.4, 0.5) is 0 Å². The molecule has 1 unspecified atom stereocenters. The number of rotatable bonds is 2. The van der Waals surface area contributed by atoms with Gasteiger partial charge in [0, 0.05) is 16.1 Å². The lowest BCUT2D eigenvalue weighted by atomic mass is 10.1. The first kappa shape index (κ1) is 18.4. The Hall–Kier alpha value is -3.39. The van der Waals surface area contributed by atoms with E-state index < -0.39 is 24.0 Å². The van der Waals surface area contributed by atoms with Gasteiger partial charge in [0.05, 0.1) is 16.7 Å². The smallest absolute Gasteiger partial charge is 0.349 e. The van der Waals surface area contributed by atoms with Gasteiger partial charge in [0.1, 0.15) is 6.61 Å². The molecule has 2 aliphatic rings. The van der Waals surface area contributed by atoms with E-state index in [0.717, 1.165) is 0 Å². The second-order valence-electron chi connectivity index (χ2n) is 5.61. The summed E-state index contributed by atoms with van der Waals surface area (Å²) < 4.78 is 9.38. The van der Waals surface area contributed by atoms with Gasteiger partial charge in [0.25, 0.3) is 0 Å². The van der Waals surface area contributed by atoms with Crippen molar-refractivity contribution < 1.29 is 38.9 Å². The first-order valence-corrected chi connectivity index (χ1v) is 7.92. The predicted octanol–water partition coefficient (Wildman–Crippen LogP) is 2.69. The van der Waals surface area contributed by atoms with Crippen LogP contribution in [0, 0.1) is 0 Å². The summed E-state index contributed by atoms with van der Waals surface area (Å²) in [7, 11) is 0. The molecule has 0 fully saturated rings. The molecule has 0 saturated heterocycles. The number of hydrogen-bond donors (Lipinski definition) is 2. The number of fused-ring (bicyclic) bond motifs is 2. The molecule has 2 aromatic rings. The molecule has 2 aliphatic heterocycles. The molecule has 0 bridgehead atoms. The monoisotopic (exact) mass is 390 g/mol. The van der Waals surface area contributed by atoms with Crippen molar-refractivity contribution in [1.82, 2.24) is 0 Å². The Balaban J connectivity index is 0.000000156. The van der Waals surface area contributed by atoms with Gasteiger partial charge in [-0.2, -0.15) is 0 Å². The van der Waals surface area contributed by atoms with E-state index in [0.29, 0.717) is 21.7 Å². The van der Waals surface area contributed by atoms with Gasteiger partial charge in [-0.05, 0) is 36.4 Å². The number of cyclic esters (lactones) is 2. The van der Waals surface area contributed by atoms with E-state index in [1.807, 2.05) is 0 Å². The average Bonchev–Trinajstić information content (AvgIpc) is 3.15. The van der Waals surface area contributed by atoms with Gasteiger partial charge in [-0.15, -0.1) is 0 Å². The highest BCUT2D eigenvalue weighted by Crippen LogP contribution is 2.32. The van der Waals surface area contributed by atoms with Crippen LogP contribution in [0.15, 0.2) is 36.4 Å². The zero-order valence-electron chi connectivity index (χ0n) is 13.5. The molecule has 0 spiro atoms. The number of esters is 2. The number of aromatic carboxylic acids is 1. The summed E-state index contributed by atoms with van der Waals surface area (Å²) >= 11 is 5.68. The first-order valence-electron chi connectivity index (χ1n) is 7.54. The maximum absolute atomic E-state index is 11.2. The summed E-state index contributed by atoms with van der Waals surface area (Å²) in [6.07, 6.45) is -1.23. The molecule has 1 atom stereocenters. The van der Waals surface area contributed by atoms with Crippen LogP contribution in [-0.2, 0) is 20.9 Å². The summed E-state index contributed by atoms with van der Waals surface area (Å²) in [5, 5.41) is 17.8. The maximum Gasteiger partial charge on any atom is 0.349 e. The van der Waals surface area contributed by atoms with Crippen molar-refractivity contribution >= 4 is 35.5 Å². The zero-order valence-corrected chi connectivity index (χ0v) is 14.2. The molecular formula is C18H11ClO8. The summed E-state index contributed by atoms with van der Waals surface area (Å²) in [6.45, 7) is 0.176. The van der Waals surface area contributed by atoms with Gasteiger partial charge < -0.3 is 19.7 Å². The minimum absolute atomic E-state index is 0.176. The van der Waals surface area contributed by atoms with E-state index in [-0.39, 0.29) is 23.7 Å². The third-order valence-electron chi connectivity index (χ3n) is 3.90. The molecule has 0 aliphatic carbocycles. The molecule has 138 valence electrons. The van der Waals surface area contributed by atoms with E-state index in [1.165, 1.54) is 36.4 Å². The summed E-state index contributed by atoms with van der Waals surface area (Å²) in [5.74, 6) is -3.20. The Labute approximate surface area is 156 Å². The molecule has 2 aromatic carbocycles. The molecule has 2 heterocycles. The average molecular weight is 391 g/mol. The van der Waals surface area contributed by atoms with Crippen molar-refractivity contribution in [3.63, 3.8) is 0 Å². The van der Waals surface area contributed by atoms with Crippen LogP contribution < -0.4 is 0 Å². The maximum atomic E-state index is 11.2. The minimum Gasteiger partial charge on any atom is -0.478 e. The Morgan fingerprint density at radius 2 is 1.70 bits per heavy atom. The number of carbonyl (C=O) groups is 4. The standard InChI is InChI=1S/C9H5ClO4.C9H6O4/c10-4-1-2-5-6(3-4)7(8(11)12)14-9(5)13;10-8(11)5-1-2-7-6(3-5)4-13-9(7)12/h1-3,7H,(H,11,12);1-3H,4H2,(H,10,11). The van der Waals surface area contributed by atoms with Gasteiger partial charge in [0.15, 0.2) is 0 Å². The zero-order chi connectivity index (χ0) is 19.7. The molecule has 9 heteroatoms. The lowest BCUT2D eigenvalue weighted by Gasteiger charge is -2.03. The van der Waals surface area contributed by atoms with E-state index in [2.05, 4.69) is 4.74 Å². The number of halogens is 1. The lowest BCUT2D eigenvalue weighted by molar-refractivity contribution is -0.146. The number of carboxylic acid groups (broad SMARTS) is 2. The number of ether oxygens (including phenoxy) is 2. The van der Waals surface area contributed by atoms with Crippen LogP contribution in [0.25, 0.3) is 0 Å². The number of carboxylic acids is 2. The highest BCUT2D eigenvalue weighted by atomic mass is 35.5. The Bertz CT molecular complexity index is 981. The van der Waals surface area contributed by atoms with E-state index in [9.17, 15) is 19.2 Å². The quantitative estimate of drug-likeness (QED) is 0.749. The molecular weight excluding hydrogens is 380 g/mol. The third-order valence-corrected chi connectivity index (χ3v) is 4.13. The van der Waals surface area contributed by atoms with Crippen molar-refractivity contribution in [3.05, 3.63) is 69.2 Å². The Morgan fingerprint density at radius 1 is 1.00 bits per heavy atom. The van der Waals surface area contributed by atoms with Gasteiger partial charge in [0.2, 0.25) is 6.10 Å². The van der Waals surface area contributed by atoms with Crippen LogP contribution in [0.2, 0.25) is 5.02 Å². The van der Waals surface area contributed by atoms with Crippen LogP contribution in [0.5, 0.6) is 0 Å². The molecule has 2 N–H and O–H groups in total. The third kappa shape index (κ3) is 3.61. The van der Waals surface area contributed by atoms with Crippen molar-refractivity contribution in [1.29, 1.82) is 0 Å². The van der Waals surface area contributed by atoms with Crippen molar-refractivity contribution in [3.8, 4) is 0 Å². The molecule has 8 nitrogen and oxygen atoms in total. The van der Waals surface area contributed by atoms with Crippen LogP contribution >= 0.6 is 11.6 Å². The first-order chi connectivity index (χ1) is 12.8. The number of benzene rings is 2. The summed E-state index contributed by atoms with van der Waals surface area (Å²) in [6, 6.07) is 8.75. The van der Waals surface area contributed by atoms with Crippen molar-refractivity contribution in [2.45, 2.75) is 12.7 Å². The Kier molecular flexibility index (Phi) is 4.83. The molecule has 4 rings (SSSR count). The van der Waals surface area contributed by atoms with Crippen LogP contribution in [0.1, 0.15) is 48.3 Å². The Morgan fingerprint density at radius 3 is 2.37 bits per heavy atom. The van der Waals surface area contributed by atoms with Crippen molar-refractivity contribution in [2.24, 2.45) is 0 Å². The largest absolute Gasteiger partial charge is 0.478 e. The minimum atomic E-state index is -1.23. The van der Waals surface area contributed by atoms with Crippen LogP contribution in [-0.4, -0.2) is 34.1 Å². The number of hydrogen-bond acceptors (Lipinski definition) is 6. The molecule has 0 radical (unpaired) electrons. The van der Waals surface area contributed by atoms with Crippen LogP contribution in [0.3, 0.4) is 0 Å². The fourth-order valence-electron chi connectivity index (χ4n) is 2.62. The van der Waals surface area contributed by atoms with Crippen molar-refractivity contribution in [2.75, 3.05) is 0 Å². The predicted molar refractivity (Wildman–Crippen MR) is 89.8 cm³/mol. The van der Waals surface area contributed by atoms with Gasteiger partial charge in [-0.3, -0.25) is 0 Å². The normalized spacial score (nSPS) is 16.4. The van der Waals surface area contributed by atoms with E-state index in [4.69, 9.17) is 26.6 Å². The summed E-state index contributed by atoms with van der Waals surface area (Å²) in [4.78, 5) is 43.4. The second-order valence-corrected chi connectivity index (χ2v) is 6.04. The number of aliphatic carboxylic acids is 1. The fraction of sp³-hybridized carbons (Fsp3) is 0.111. The molecule has 0 saturated carbocycles. The number of carbonyl (C=O) groups excluding carboxylic acids is 2. The molecule has 27 heavy (non-hydrogen) atoms. The highest BCUT2D eigenvalue weighted by Gasteiger charge is 2.36. The SMILES string of the molecule is O=C(O)c1ccc2c(c1)COC2=O.O=C1OC(C(=O)O)c2cc(Cl)ccc21. The van der Waals surface area contributed by atoms with E-state index in [1.54, 1.807) is 0 Å². The molecule has 0 aromatic heterocycles. The highest BCUT2D eigenvalue weighted by molar-refractivity contribution is 6.30. The second kappa shape index (κ2) is 7.08. The summed E-state index contributed by atoms with van der Waals surface area (Å²) in [5.41, 5.74) is 1.86. The van der Waals surface area contributed by atoms with Gasteiger partial charge in [-0.1, -0.05) is 11.6 Å². The van der Waals surface area contributed by atoms with E-state index >= 15 is 0 Å². The fourth-order valence-corrected chi connectivity index (χ4v) is 2.80.